The molecule has 0 heterocycles. The van der Waals surface area contributed by atoms with Crippen molar-refractivity contribution in [3.05, 3.63) is 47.0 Å². The normalized spacial score (nSPS) is 10.7. The molecule has 0 saturated carbocycles. The van der Waals surface area contributed by atoms with Crippen LogP contribution >= 0.6 is 0 Å². The van der Waals surface area contributed by atoms with Crippen molar-refractivity contribution in [2.45, 2.75) is 6.92 Å². The van der Waals surface area contributed by atoms with E-state index in [1.165, 1.54) is 18.2 Å². The molecule has 0 bridgehead atoms. The second-order valence-corrected chi connectivity index (χ2v) is 4.83. The molecule has 6 heteroatoms. The van der Waals surface area contributed by atoms with Crippen molar-refractivity contribution in [3.63, 3.8) is 0 Å². The van der Waals surface area contributed by atoms with Gasteiger partial charge in [-0.05, 0) is 48.4 Å². The van der Waals surface area contributed by atoms with Crippen LogP contribution in [0.5, 0.6) is 17.2 Å². The van der Waals surface area contributed by atoms with E-state index < -0.39 is 5.97 Å². The summed E-state index contributed by atoms with van der Waals surface area (Å²) in [6.07, 6.45) is 1.61. The van der Waals surface area contributed by atoms with Gasteiger partial charge >= 0.3 is 5.97 Å². The van der Waals surface area contributed by atoms with E-state index in [0.717, 1.165) is 11.1 Å². The molecule has 120 valence electrons. The quantitative estimate of drug-likeness (QED) is 0.827. The van der Waals surface area contributed by atoms with Crippen molar-refractivity contribution >= 4 is 17.9 Å². The molecular formula is C17H17NO5. The van der Waals surface area contributed by atoms with Crippen LogP contribution in [0.1, 0.15) is 21.5 Å². The summed E-state index contributed by atoms with van der Waals surface area (Å²) in [6.45, 7) is 1.91. The number of benzene rings is 2. The number of carboxylic acids is 1. The third kappa shape index (κ3) is 3.60. The van der Waals surface area contributed by atoms with Crippen LogP contribution in [0.15, 0.2) is 35.3 Å². The lowest BCUT2D eigenvalue weighted by Gasteiger charge is -2.10. The summed E-state index contributed by atoms with van der Waals surface area (Å²) in [5.41, 5.74) is 1.98. The van der Waals surface area contributed by atoms with Gasteiger partial charge in [0.15, 0.2) is 11.5 Å². The van der Waals surface area contributed by atoms with E-state index in [2.05, 4.69) is 4.99 Å². The maximum atomic E-state index is 11.0. The second-order valence-electron chi connectivity index (χ2n) is 4.83. The van der Waals surface area contributed by atoms with Gasteiger partial charge in [-0.15, -0.1) is 0 Å². The average Bonchev–Trinajstić information content (AvgIpc) is 2.54. The molecule has 0 fully saturated rings. The van der Waals surface area contributed by atoms with Gasteiger partial charge in [0.1, 0.15) is 11.3 Å². The van der Waals surface area contributed by atoms with Crippen LogP contribution in [-0.4, -0.2) is 36.6 Å². The molecule has 0 aliphatic carbocycles. The number of aromatic hydroxyl groups is 1. The molecule has 0 atom stereocenters. The zero-order chi connectivity index (χ0) is 17.0. The largest absolute Gasteiger partial charge is 0.507 e. The topological polar surface area (TPSA) is 88.4 Å². The van der Waals surface area contributed by atoms with E-state index in [9.17, 15) is 9.90 Å². The lowest BCUT2D eigenvalue weighted by atomic mass is 10.1. The Labute approximate surface area is 133 Å². The summed E-state index contributed by atoms with van der Waals surface area (Å²) in [7, 11) is 3.11. The Kier molecular flexibility index (Phi) is 4.85. The smallest absolute Gasteiger partial charge is 0.339 e. The van der Waals surface area contributed by atoms with Crippen molar-refractivity contribution in [1.29, 1.82) is 0 Å². The Hall–Kier alpha value is -3.02. The number of hydrogen-bond donors (Lipinski definition) is 2. The number of carboxylic acid groups (broad SMARTS) is 1. The van der Waals surface area contributed by atoms with Crippen LogP contribution in [0.4, 0.5) is 5.69 Å². The molecule has 2 aromatic rings. The van der Waals surface area contributed by atoms with Crippen LogP contribution in [0.2, 0.25) is 0 Å². The number of aryl methyl sites for hydroxylation is 1. The number of hydrogen-bond acceptors (Lipinski definition) is 5. The van der Waals surface area contributed by atoms with Crippen LogP contribution in [0.3, 0.4) is 0 Å². The number of carbonyl (C=O) groups is 1. The predicted molar refractivity (Wildman–Crippen MR) is 86.6 cm³/mol. The third-order valence-corrected chi connectivity index (χ3v) is 3.34. The lowest BCUT2D eigenvalue weighted by Crippen LogP contribution is -1.96. The van der Waals surface area contributed by atoms with Gasteiger partial charge in [-0.25, -0.2) is 4.79 Å². The first-order valence-electron chi connectivity index (χ1n) is 6.79. The minimum atomic E-state index is -1.21. The van der Waals surface area contributed by atoms with E-state index in [4.69, 9.17) is 14.6 Å². The summed E-state index contributed by atoms with van der Waals surface area (Å²) in [6, 6.07) is 7.77. The Morgan fingerprint density at radius 1 is 1.13 bits per heavy atom. The van der Waals surface area contributed by atoms with Crippen molar-refractivity contribution in [2.24, 2.45) is 4.99 Å². The zero-order valence-electron chi connectivity index (χ0n) is 13.0. The molecule has 0 amide bonds. The summed E-state index contributed by atoms with van der Waals surface area (Å²) in [5.74, 6) is -0.294. The fourth-order valence-electron chi connectivity index (χ4n) is 2.06. The lowest BCUT2D eigenvalue weighted by molar-refractivity contribution is 0.0694. The van der Waals surface area contributed by atoms with E-state index >= 15 is 0 Å². The number of aliphatic imine (C=N–C) groups is 1. The summed E-state index contributed by atoms with van der Waals surface area (Å²) in [4.78, 5) is 15.3. The number of phenols is 1. The van der Waals surface area contributed by atoms with Crippen molar-refractivity contribution in [3.8, 4) is 17.2 Å². The fourth-order valence-corrected chi connectivity index (χ4v) is 2.06. The Balaban J connectivity index is 2.37. The molecule has 2 rings (SSSR count). The van der Waals surface area contributed by atoms with E-state index in [0.29, 0.717) is 17.2 Å². The standard InChI is InChI=1S/C17H17NO5/c1-10-6-15(22-2)16(23-3)7-11(10)9-18-12-4-5-14(19)13(8-12)17(20)21/h4-9,19H,1-3H3,(H,20,21). The molecule has 6 nitrogen and oxygen atoms in total. The van der Waals surface area contributed by atoms with E-state index in [1.54, 1.807) is 26.5 Å². The molecule has 2 aromatic carbocycles. The molecule has 0 saturated heterocycles. The molecule has 23 heavy (non-hydrogen) atoms. The Morgan fingerprint density at radius 2 is 1.78 bits per heavy atom. The molecule has 0 aromatic heterocycles. The number of methoxy groups -OCH3 is 2. The number of aromatic carboxylic acids is 1. The maximum Gasteiger partial charge on any atom is 0.339 e. The summed E-state index contributed by atoms with van der Waals surface area (Å²) >= 11 is 0. The van der Waals surface area contributed by atoms with E-state index in [-0.39, 0.29) is 11.3 Å². The SMILES string of the molecule is COc1cc(C)c(C=Nc2ccc(O)c(C(=O)O)c2)cc1OC. The highest BCUT2D eigenvalue weighted by atomic mass is 16.5. The van der Waals surface area contributed by atoms with Crippen LogP contribution in [-0.2, 0) is 0 Å². The molecule has 0 aliphatic heterocycles. The Bertz CT molecular complexity index is 768. The van der Waals surface area contributed by atoms with Crippen LogP contribution in [0.25, 0.3) is 0 Å². The first-order valence-corrected chi connectivity index (χ1v) is 6.79. The fraction of sp³-hybridized carbons (Fsp3) is 0.176. The molecule has 0 radical (unpaired) electrons. The molecule has 0 spiro atoms. The van der Waals surface area contributed by atoms with Gasteiger partial charge in [0.2, 0.25) is 0 Å². The van der Waals surface area contributed by atoms with Crippen LogP contribution < -0.4 is 9.47 Å². The molecule has 0 unspecified atom stereocenters. The monoisotopic (exact) mass is 315 g/mol. The molecule has 0 aliphatic rings. The first-order chi connectivity index (χ1) is 11.0. The van der Waals surface area contributed by atoms with Gasteiger partial charge in [-0.3, -0.25) is 4.99 Å². The van der Waals surface area contributed by atoms with Gasteiger partial charge in [0.25, 0.3) is 0 Å². The van der Waals surface area contributed by atoms with Crippen molar-refractivity contribution < 1.29 is 24.5 Å². The summed E-state index contributed by atoms with van der Waals surface area (Å²) < 4.78 is 10.5. The minimum absolute atomic E-state index is 0.191. The van der Waals surface area contributed by atoms with Gasteiger partial charge in [-0.1, -0.05) is 0 Å². The summed E-state index contributed by atoms with van der Waals surface area (Å²) in [5, 5.41) is 18.5. The van der Waals surface area contributed by atoms with E-state index in [1.807, 2.05) is 13.0 Å². The molecule has 2 N–H and O–H groups in total. The predicted octanol–water partition coefficient (Wildman–Crippen LogP) is 3.17. The maximum absolute atomic E-state index is 11.0. The van der Waals surface area contributed by atoms with Crippen molar-refractivity contribution in [1.82, 2.24) is 0 Å². The second kappa shape index (κ2) is 6.83. The highest BCUT2D eigenvalue weighted by Gasteiger charge is 2.10. The average molecular weight is 315 g/mol. The van der Waals surface area contributed by atoms with Gasteiger partial charge in [-0.2, -0.15) is 0 Å². The van der Waals surface area contributed by atoms with Crippen molar-refractivity contribution in [2.75, 3.05) is 14.2 Å². The number of nitrogens with zero attached hydrogens (tertiary/aromatic N) is 1. The Morgan fingerprint density at radius 3 is 2.39 bits per heavy atom. The first kappa shape index (κ1) is 16.4. The van der Waals surface area contributed by atoms with Crippen LogP contribution in [0, 0.1) is 6.92 Å². The third-order valence-electron chi connectivity index (χ3n) is 3.34. The highest BCUT2D eigenvalue weighted by molar-refractivity contribution is 5.92. The van der Waals surface area contributed by atoms with Gasteiger partial charge < -0.3 is 19.7 Å². The number of rotatable bonds is 5. The van der Waals surface area contributed by atoms with Gasteiger partial charge in [0, 0.05) is 6.21 Å². The zero-order valence-corrected chi connectivity index (χ0v) is 13.0. The minimum Gasteiger partial charge on any atom is -0.507 e. The van der Waals surface area contributed by atoms with Gasteiger partial charge in [0.05, 0.1) is 19.9 Å². The highest BCUT2D eigenvalue weighted by Crippen LogP contribution is 2.30. The molecular weight excluding hydrogens is 298 g/mol. The number of ether oxygens (including phenoxy) is 2.